The molecule has 21 heavy (non-hydrogen) atoms. The van der Waals surface area contributed by atoms with E-state index in [1.807, 2.05) is 24.3 Å². The van der Waals surface area contributed by atoms with Crippen LogP contribution >= 0.6 is 0 Å². The summed E-state index contributed by atoms with van der Waals surface area (Å²) >= 11 is 0. The Balaban J connectivity index is 1.93. The zero-order chi connectivity index (χ0) is 15.3. The first-order valence-corrected chi connectivity index (χ1v) is 8.89. The lowest BCUT2D eigenvalue weighted by molar-refractivity contribution is 0.173. The van der Waals surface area contributed by atoms with E-state index in [1.165, 1.54) is 0 Å². The maximum atomic E-state index is 12.2. The van der Waals surface area contributed by atoms with E-state index in [4.69, 9.17) is 10.5 Å². The van der Waals surface area contributed by atoms with E-state index in [0.717, 1.165) is 30.4 Å². The second-order valence-corrected chi connectivity index (χ2v) is 7.60. The zero-order valence-electron chi connectivity index (χ0n) is 12.5. The number of hydrogen-bond acceptors (Lipinski definition) is 4. The van der Waals surface area contributed by atoms with Crippen LogP contribution in [0.3, 0.4) is 0 Å². The molecule has 0 atom stereocenters. The number of ether oxygens (including phenoxy) is 1. The highest BCUT2D eigenvalue weighted by Crippen LogP contribution is 2.48. The fourth-order valence-corrected chi connectivity index (χ4v) is 3.75. The molecular formula is C15H24N2O3S. The van der Waals surface area contributed by atoms with Crippen LogP contribution in [0.5, 0.6) is 0 Å². The van der Waals surface area contributed by atoms with Gasteiger partial charge in [-0.15, -0.1) is 0 Å². The van der Waals surface area contributed by atoms with Crippen molar-refractivity contribution in [3.63, 3.8) is 0 Å². The second-order valence-electron chi connectivity index (χ2n) is 5.80. The van der Waals surface area contributed by atoms with Gasteiger partial charge in [0, 0.05) is 26.8 Å². The molecule has 1 aliphatic rings. The van der Waals surface area contributed by atoms with E-state index in [0.29, 0.717) is 19.7 Å². The van der Waals surface area contributed by atoms with E-state index in [-0.39, 0.29) is 11.2 Å². The molecule has 0 aliphatic heterocycles. The Kier molecular flexibility index (Phi) is 5.37. The molecule has 1 aromatic carbocycles. The van der Waals surface area contributed by atoms with Gasteiger partial charge in [-0.05, 0) is 35.8 Å². The molecule has 3 N–H and O–H groups in total. The molecule has 2 rings (SSSR count). The second kappa shape index (κ2) is 6.87. The molecule has 1 aromatic rings. The van der Waals surface area contributed by atoms with Crippen LogP contribution in [0.4, 0.5) is 0 Å². The third-order valence-corrected chi connectivity index (χ3v) is 5.42. The van der Waals surface area contributed by atoms with Crippen LogP contribution in [0.1, 0.15) is 30.4 Å². The zero-order valence-corrected chi connectivity index (χ0v) is 13.3. The Morgan fingerprint density at radius 3 is 2.52 bits per heavy atom. The summed E-state index contributed by atoms with van der Waals surface area (Å²) in [5, 5.41) is 0. The van der Waals surface area contributed by atoms with Crippen LogP contribution in [0, 0.1) is 5.41 Å². The Hall–Kier alpha value is -0.950. The number of hydrogen-bond donors (Lipinski definition) is 2. The minimum Gasteiger partial charge on any atom is -0.385 e. The highest BCUT2D eigenvalue weighted by atomic mass is 32.2. The number of rotatable bonds is 9. The molecule has 0 heterocycles. The number of methoxy groups -OCH3 is 1. The molecule has 1 aliphatic carbocycles. The SMILES string of the molecule is COCCC1(CNS(=O)(=O)Cc2ccccc2CN)CC1. The highest BCUT2D eigenvalue weighted by Gasteiger charge is 2.42. The smallest absolute Gasteiger partial charge is 0.215 e. The van der Waals surface area contributed by atoms with Gasteiger partial charge in [0.1, 0.15) is 0 Å². The van der Waals surface area contributed by atoms with Gasteiger partial charge in [0.15, 0.2) is 0 Å². The summed E-state index contributed by atoms with van der Waals surface area (Å²) < 4.78 is 32.3. The van der Waals surface area contributed by atoms with Crippen LogP contribution in [0.25, 0.3) is 0 Å². The van der Waals surface area contributed by atoms with Gasteiger partial charge in [-0.1, -0.05) is 24.3 Å². The quantitative estimate of drug-likeness (QED) is 0.722. The van der Waals surface area contributed by atoms with E-state index in [2.05, 4.69) is 4.72 Å². The monoisotopic (exact) mass is 312 g/mol. The summed E-state index contributed by atoms with van der Waals surface area (Å²) in [6, 6.07) is 7.39. The van der Waals surface area contributed by atoms with Crippen molar-refractivity contribution in [2.24, 2.45) is 11.1 Å². The highest BCUT2D eigenvalue weighted by molar-refractivity contribution is 7.88. The molecule has 0 radical (unpaired) electrons. The maximum Gasteiger partial charge on any atom is 0.215 e. The van der Waals surface area contributed by atoms with Gasteiger partial charge in [0.25, 0.3) is 0 Å². The molecule has 0 unspecified atom stereocenters. The third-order valence-electron chi connectivity index (χ3n) is 4.14. The molecule has 0 aromatic heterocycles. The number of nitrogens with one attached hydrogen (secondary N) is 1. The molecule has 0 bridgehead atoms. The predicted octanol–water partition coefficient (Wildman–Crippen LogP) is 1.38. The molecular weight excluding hydrogens is 288 g/mol. The largest absolute Gasteiger partial charge is 0.385 e. The lowest BCUT2D eigenvalue weighted by atomic mass is 10.0. The van der Waals surface area contributed by atoms with E-state index >= 15 is 0 Å². The van der Waals surface area contributed by atoms with Crippen LogP contribution in [0.2, 0.25) is 0 Å². The average Bonchev–Trinajstić information content (AvgIpc) is 3.24. The van der Waals surface area contributed by atoms with Crippen molar-refractivity contribution < 1.29 is 13.2 Å². The van der Waals surface area contributed by atoms with Crippen LogP contribution < -0.4 is 10.5 Å². The van der Waals surface area contributed by atoms with Crippen LogP contribution in [0.15, 0.2) is 24.3 Å². The minimum atomic E-state index is -3.33. The first-order valence-electron chi connectivity index (χ1n) is 7.23. The summed E-state index contributed by atoms with van der Waals surface area (Å²) in [6.07, 6.45) is 3.04. The predicted molar refractivity (Wildman–Crippen MR) is 83.1 cm³/mol. The average molecular weight is 312 g/mol. The molecule has 1 saturated carbocycles. The van der Waals surface area contributed by atoms with Crippen molar-refractivity contribution >= 4 is 10.0 Å². The molecule has 0 spiro atoms. The van der Waals surface area contributed by atoms with E-state index < -0.39 is 10.0 Å². The van der Waals surface area contributed by atoms with Gasteiger partial charge in [-0.25, -0.2) is 13.1 Å². The van der Waals surface area contributed by atoms with Gasteiger partial charge < -0.3 is 10.5 Å². The van der Waals surface area contributed by atoms with Crippen molar-refractivity contribution in [3.05, 3.63) is 35.4 Å². The molecule has 6 heteroatoms. The normalized spacial score (nSPS) is 16.9. The summed E-state index contributed by atoms with van der Waals surface area (Å²) in [4.78, 5) is 0. The summed E-state index contributed by atoms with van der Waals surface area (Å²) in [6.45, 7) is 1.53. The maximum absolute atomic E-state index is 12.2. The van der Waals surface area contributed by atoms with E-state index in [1.54, 1.807) is 7.11 Å². The Morgan fingerprint density at radius 2 is 1.95 bits per heavy atom. The molecule has 5 nitrogen and oxygen atoms in total. The first-order chi connectivity index (χ1) is 10.0. The lowest BCUT2D eigenvalue weighted by Crippen LogP contribution is -2.32. The fraction of sp³-hybridized carbons (Fsp3) is 0.600. The minimum absolute atomic E-state index is 0.0132. The van der Waals surface area contributed by atoms with Gasteiger partial charge in [-0.2, -0.15) is 0 Å². The first kappa shape index (κ1) is 16.4. The number of nitrogens with two attached hydrogens (primary N) is 1. The van der Waals surface area contributed by atoms with Crippen molar-refractivity contribution in [1.29, 1.82) is 0 Å². The van der Waals surface area contributed by atoms with Gasteiger partial charge in [-0.3, -0.25) is 0 Å². The van der Waals surface area contributed by atoms with Gasteiger partial charge in [0.05, 0.1) is 5.75 Å². The molecule has 0 saturated heterocycles. The summed E-state index contributed by atoms with van der Waals surface area (Å²) in [5.74, 6) is -0.0132. The van der Waals surface area contributed by atoms with Crippen LogP contribution in [-0.4, -0.2) is 28.7 Å². The van der Waals surface area contributed by atoms with Crippen molar-refractivity contribution in [2.75, 3.05) is 20.3 Å². The topological polar surface area (TPSA) is 81.4 Å². The number of sulfonamides is 1. The number of benzene rings is 1. The summed E-state index contributed by atoms with van der Waals surface area (Å²) in [5.41, 5.74) is 7.41. The lowest BCUT2D eigenvalue weighted by Gasteiger charge is -2.16. The van der Waals surface area contributed by atoms with Crippen molar-refractivity contribution in [2.45, 2.75) is 31.6 Å². The van der Waals surface area contributed by atoms with Gasteiger partial charge in [0.2, 0.25) is 10.0 Å². The summed E-state index contributed by atoms with van der Waals surface area (Å²) in [7, 11) is -1.66. The van der Waals surface area contributed by atoms with E-state index in [9.17, 15) is 8.42 Å². The standard InChI is InChI=1S/C15H24N2O3S/c1-20-9-8-15(6-7-15)12-17-21(18,19)11-14-5-3-2-4-13(14)10-16/h2-5,17H,6-12,16H2,1H3. The van der Waals surface area contributed by atoms with Crippen molar-refractivity contribution in [3.8, 4) is 0 Å². The molecule has 1 fully saturated rings. The van der Waals surface area contributed by atoms with Gasteiger partial charge >= 0.3 is 0 Å². The molecule has 118 valence electrons. The Bertz CT molecular complexity index is 568. The van der Waals surface area contributed by atoms with Crippen LogP contribution in [-0.2, 0) is 27.1 Å². The third kappa shape index (κ3) is 4.78. The van der Waals surface area contributed by atoms with Crippen molar-refractivity contribution in [1.82, 2.24) is 4.72 Å². The fourth-order valence-electron chi connectivity index (χ4n) is 2.43. The molecule has 0 amide bonds. The Morgan fingerprint density at radius 1 is 1.29 bits per heavy atom. The Labute approximate surface area is 126 Å².